The van der Waals surface area contributed by atoms with Crippen LogP contribution in [-0.4, -0.2) is 17.8 Å². The molecule has 1 aliphatic carbocycles. The van der Waals surface area contributed by atoms with Crippen LogP contribution in [0.2, 0.25) is 0 Å². The molecule has 2 nitrogen and oxygen atoms in total. The van der Waals surface area contributed by atoms with E-state index in [1.54, 1.807) is 12.1 Å². The van der Waals surface area contributed by atoms with Crippen molar-refractivity contribution >= 4 is 0 Å². The molecule has 0 aliphatic heterocycles. The Hall–Kier alpha value is -0.930. The van der Waals surface area contributed by atoms with Crippen LogP contribution in [0.1, 0.15) is 44.1 Å². The van der Waals surface area contributed by atoms with Crippen LogP contribution in [0.5, 0.6) is 0 Å². The zero-order valence-corrected chi connectivity index (χ0v) is 10.9. The van der Waals surface area contributed by atoms with Gasteiger partial charge in [0.25, 0.3) is 0 Å². The lowest BCUT2D eigenvalue weighted by Crippen LogP contribution is -2.38. The average Bonchev–Trinajstić information content (AvgIpc) is 2.81. The fourth-order valence-corrected chi connectivity index (χ4v) is 3.12. The van der Waals surface area contributed by atoms with E-state index in [4.69, 9.17) is 5.73 Å². The molecule has 3 N–H and O–H groups in total. The Balaban J connectivity index is 2.20. The molecule has 0 bridgehead atoms. The molecule has 0 amide bonds. The molecule has 18 heavy (non-hydrogen) atoms. The maximum absolute atomic E-state index is 12.9. The van der Waals surface area contributed by atoms with Gasteiger partial charge in [-0.15, -0.1) is 0 Å². The van der Waals surface area contributed by atoms with Crippen LogP contribution in [0.25, 0.3) is 0 Å². The number of rotatable bonds is 4. The summed E-state index contributed by atoms with van der Waals surface area (Å²) in [7, 11) is 0. The zero-order chi connectivity index (χ0) is 13.2. The lowest BCUT2D eigenvalue weighted by atomic mass is 9.74. The van der Waals surface area contributed by atoms with Crippen molar-refractivity contribution < 1.29 is 9.50 Å². The monoisotopic (exact) mass is 251 g/mol. The predicted octanol–water partition coefficient (Wildman–Crippen LogP) is 2.81. The van der Waals surface area contributed by atoms with E-state index >= 15 is 0 Å². The SMILES string of the molecule is CC1(C(O)C(CN)c2ccc(F)cc2)CCCC1. The van der Waals surface area contributed by atoms with Gasteiger partial charge in [0, 0.05) is 12.5 Å². The third-order valence-electron chi connectivity index (χ3n) is 4.39. The maximum atomic E-state index is 12.9. The third-order valence-corrected chi connectivity index (χ3v) is 4.39. The van der Waals surface area contributed by atoms with Crippen LogP contribution in [0.4, 0.5) is 4.39 Å². The molecule has 0 radical (unpaired) electrons. The van der Waals surface area contributed by atoms with Gasteiger partial charge in [-0.3, -0.25) is 0 Å². The molecule has 1 aromatic carbocycles. The minimum Gasteiger partial charge on any atom is -0.392 e. The Bertz CT molecular complexity index is 384. The predicted molar refractivity (Wildman–Crippen MR) is 70.8 cm³/mol. The largest absolute Gasteiger partial charge is 0.392 e. The number of nitrogens with two attached hydrogens (primary N) is 1. The van der Waals surface area contributed by atoms with E-state index < -0.39 is 6.10 Å². The summed E-state index contributed by atoms with van der Waals surface area (Å²) in [5.74, 6) is -0.357. The smallest absolute Gasteiger partial charge is 0.123 e. The van der Waals surface area contributed by atoms with E-state index in [1.165, 1.54) is 25.0 Å². The van der Waals surface area contributed by atoms with Crippen molar-refractivity contribution in [1.82, 2.24) is 0 Å². The lowest BCUT2D eigenvalue weighted by molar-refractivity contribution is 0.0213. The van der Waals surface area contributed by atoms with Crippen molar-refractivity contribution in [2.75, 3.05) is 6.54 Å². The first-order chi connectivity index (χ1) is 8.57. The molecule has 2 atom stereocenters. The Morgan fingerprint density at radius 2 is 1.83 bits per heavy atom. The number of hydrogen-bond acceptors (Lipinski definition) is 2. The highest BCUT2D eigenvalue weighted by atomic mass is 19.1. The van der Waals surface area contributed by atoms with Crippen LogP contribution >= 0.6 is 0 Å². The molecule has 0 aromatic heterocycles. The molecule has 1 saturated carbocycles. The second-order valence-electron chi connectivity index (χ2n) is 5.70. The molecule has 0 heterocycles. The lowest BCUT2D eigenvalue weighted by Gasteiger charge is -2.35. The zero-order valence-electron chi connectivity index (χ0n) is 10.9. The normalized spacial score (nSPS) is 21.8. The number of benzene rings is 1. The number of hydrogen-bond donors (Lipinski definition) is 2. The Kier molecular flexibility index (Phi) is 4.03. The van der Waals surface area contributed by atoms with Crippen molar-refractivity contribution in [2.24, 2.45) is 11.1 Å². The second kappa shape index (κ2) is 5.37. The number of aliphatic hydroxyl groups is 1. The molecule has 2 unspecified atom stereocenters. The molecule has 1 fully saturated rings. The van der Waals surface area contributed by atoms with Gasteiger partial charge in [-0.1, -0.05) is 31.9 Å². The Morgan fingerprint density at radius 1 is 1.28 bits per heavy atom. The molecule has 0 spiro atoms. The Morgan fingerprint density at radius 3 is 2.33 bits per heavy atom. The van der Waals surface area contributed by atoms with Gasteiger partial charge in [0.05, 0.1) is 6.10 Å². The second-order valence-corrected chi connectivity index (χ2v) is 5.70. The van der Waals surface area contributed by atoms with Gasteiger partial charge in [-0.05, 0) is 36.0 Å². The molecule has 2 rings (SSSR count). The molecular weight excluding hydrogens is 229 g/mol. The van der Waals surface area contributed by atoms with Crippen molar-refractivity contribution in [1.29, 1.82) is 0 Å². The van der Waals surface area contributed by atoms with E-state index in [0.717, 1.165) is 18.4 Å². The van der Waals surface area contributed by atoms with E-state index in [0.29, 0.717) is 6.54 Å². The van der Waals surface area contributed by atoms with Crippen molar-refractivity contribution in [3.8, 4) is 0 Å². The average molecular weight is 251 g/mol. The molecule has 3 heteroatoms. The molecule has 1 aromatic rings. The number of halogens is 1. The third kappa shape index (κ3) is 2.57. The van der Waals surface area contributed by atoms with E-state index in [2.05, 4.69) is 6.92 Å². The summed E-state index contributed by atoms with van der Waals surface area (Å²) >= 11 is 0. The highest BCUT2D eigenvalue weighted by Crippen LogP contribution is 2.44. The van der Waals surface area contributed by atoms with Gasteiger partial charge in [0.15, 0.2) is 0 Å². The van der Waals surface area contributed by atoms with Gasteiger partial charge >= 0.3 is 0 Å². The van der Waals surface area contributed by atoms with E-state index in [-0.39, 0.29) is 17.2 Å². The molecule has 100 valence electrons. The van der Waals surface area contributed by atoms with Gasteiger partial charge < -0.3 is 10.8 Å². The fourth-order valence-electron chi connectivity index (χ4n) is 3.12. The first-order valence-corrected chi connectivity index (χ1v) is 6.70. The molecule has 1 aliphatic rings. The van der Waals surface area contributed by atoms with E-state index in [9.17, 15) is 9.50 Å². The fraction of sp³-hybridized carbons (Fsp3) is 0.600. The minimum absolute atomic E-state index is 0.0432. The van der Waals surface area contributed by atoms with Gasteiger partial charge in [-0.25, -0.2) is 4.39 Å². The Labute approximate surface area is 108 Å². The van der Waals surface area contributed by atoms with Crippen LogP contribution in [-0.2, 0) is 0 Å². The van der Waals surface area contributed by atoms with Crippen LogP contribution in [0.15, 0.2) is 24.3 Å². The summed E-state index contributed by atoms with van der Waals surface area (Å²) in [6, 6.07) is 6.33. The van der Waals surface area contributed by atoms with Crippen LogP contribution in [0.3, 0.4) is 0 Å². The van der Waals surface area contributed by atoms with Gasteiger partial charge in [-0.2, -0.15) is 0 Å². The summed E-state index contributed by atoms with van der Waals surface area (Å²) in [6.07, 6.45) is 4.00. The quantitative estimate of drug-likeness (QED) is 0.864. The summed E-state index contributed by atoms with van der Waals surface area (Å²) in [5, 5.41) is 10.6. The minimum atomic E-state index is -0.449. The van der Waals surface area contributed by atoms with Crippen molar-refractivity contribution in [2.45, 2.75) is 44.6 Å². The summed E-state index contributed by atoms with van der Waals surface area (Å²) in [4.78, 5) is 0. The molecular formula is C15H22FNO. The van der Waals surface area contributed by atoms with Crippen molar-refractivity contribution in [3.05, 3.63) is 35.6 Å². The topological polar surface area (TPSA) is 46.2 Å². The standard InChI is InChI=1S/C15H22FNO/c1-15(8-2-3-9-15)14(18)13(10-17)11-4-6-12(16)7-5-11/h4-7,13-14,18H,2-3,8-10,17H2,1H3. The summed E-state index contributed by atoms with van der Waals surface area (Å²) < 4.78 is 12.9. The van der Waals surface area contributed by atoms with Crippen molar-refractivity contribution in [3.63, 3.8) is 0 Å². The first kappa shape index (κ1) is 13.5. The molecule has 0 saturated heterocycles. The highest BCUT2D eigenvalue weighted by Gasteiger charge is 2.40. The van der Waals surface area contributed by atoms with Gasteiger partial charge in [0.1, 0.15) is 5.82 Å². The maximum Gasteiger partial charge on any atom is 0.123 e. The number of aliphatic hydroxyl groups excluding tert-OH is 1. The van der Waals surface area contributed by atoms with Crippen LogP contribution in [0, 0.1) is 11.2 Å². The first-order valence-electron chi connectivity index (χ1n) is 6.70. The van der Waals surface area contributed by atoms with E-state index in [1.807, 2.05) is 0 Å². The van der Waals surface area contributed by atoms with Crippen LogP contribution < -0.4 is 5.73 Å². The highest BCUT2D eigenvalue weighted by molar-refractivity contribution is 5.23. The van der Waals surface area contributed by atoms with Gasteiger partial charge in [0.2, 0.25) is 0 Å². The summed E-state index contributed by atoms with van der Waals surface area (Å²) in [6.45, 7) is 2.53. The summed E-state index contributed by atoms with van der Waals surface area (Å²) in [5.41, 5.74) is 6.70.